The Bertz CT molecular complexity index is 636. The van der Waals surface area contributed by atoms with Gasteiger partial charge in [-0.1, -0.05) is 36.0 Å². The molecule has 0 atom stereocenters. The Morgan fingerprint density at radius 1 is 1.14 bits per heavy atom. The highest BCUT2D eigenvalue weighted by molar-refractivity contribution is 7.80. The van der Waals surface area contributed by atoms with Crippen LogP contribution in [-0.2, 0) is 6.42 Å². The van der Waals surface area contributed by atoms with Gasteiger partial charge < -0.3 is 11.1 Å². The Labute approximate surface area is 131 Å². The van der Waals surface area contributed by atoms with E-state index in [1.165, 1.54) is 0 Å². The van der Waals surface area contributed by atoms with Gasteiger partial charge in [0.25, 0.3) is 0 Å². The van der Waals surface area contributed by atoms with Crippen molar-refractivity contribution in [3.8, 4) is 0 Å². The van der Waals surface area contributed by atoms with Gasteiger partial charge in [0.1, 0.15) is 22.3 Å². The van der Waals surface area contributed by atoms with Crippen LogP contribution >= 0.6 is 23.8 Å². The molecule has 0 heterocycles. The number of halogens is 3. The smallest absolute Gasteiger partial charge is 0.150 e. The number of nitrogens with one attached hydrogen (secondary N) is 1. The van der Waals surface area contributed by atoms with Crippen molar-refractivity contribution in [2.24, 2.45) is 5.73 Å². The lowest BCUT2D eigenvalue weighted by Crippen LogP contribution is -2.13. The van der Waals surface area contributed by atoms with Gasteiger partial charge in [-0.15, -0.1) is 0 Å². The molecule has 0 amide bonds. The lowest BCUT2D eigenvalue weighted by Gasteiger charge is -2.10. The minimum Gasteiger partial charge on any atom is -0.389 e. The maximum absolute atomic E-state index is 13.8. The summed E-state index contributed by atoms with van der Waals surface area (Å²) in [5, 5.41) is 3.39. The Balaban J connectivity index is 2.03. The number of thiocarbonyl (C=S) groups is 1. The van der Waals surface area contributed by atoms with Crippen LogP contribution in [0.25, 0.3) is 0 Å². The summed E-state index contributed by atoms with van der Waals surface area (Å²) in [6.07, 6.45) is 0.618. The van der Waals surface area contributed by atoms with Gasteiger partial charge in [0.2, 0.25) is 0 Å². The van der Waals surface area contributed by atoms with E-state index in [1.54, 1.807) is 12.1 Å². The second-order valence-corrected chi connectivity index (χ2v) is 5.36. The monoisotopic (exact) mass is 326 g/mol. The van der Waals surface area contributed by atoms with Crippen LogP contribution in [0.15, 0.2) is 36.4 Å². The van der Waals surface area contributed by atoms with E-state index in [9.17, 15) is 8.78 Å². The molecule has 6 heteroatoms. The zero-order valence-electron chi connectivity index (χ0n) is 11.0. The SMILES string of the molecule is NC(=S)c1cc(F)c(NCCc2ccc(Cl)cc2)c(F)c1. The van der Waals surface area contributed by atoms with Crippen molar-refractivity contribution in [2.75, 3.05) is 11.9 Å². The predicted molar refractivity (Wildman–Crippen MR) is 85.9 cm³/mol. The van der Waals surface area contributed by atoms with E-state index in [0.717, 1.165) is 17.7 Å². The third-order valence-electron chi connectivity index (χ3n) is 2.96. The normalized spacial score (nSPS) is 10.4. The Morgan fingerprint density at radius 2 is 1.71 bits per heavy atom. The molecule has 0 radical (unpaired) electrons. The van der Waals surface area contributed by atoms with E-state index in [-0.39, 0.29) is 16.2 Å². The Kier molecular flexibility index (Phi) is 5.09. The average Bonchev–Trinajstić information content (AvgIpc) is 2.43. The summed E-state index contributed by atoms with van der Waals surface area (Å²) in [6, 6.07) is 9.52. The van der Waals surface area contributed by atoms with Gasteiger partial charge in [-0.2, -0.15) is 0 Å². The Morgan fingerprint density at radius 3 is 2.24 bits per heavy atom. The van der Waals surface area contributed by atoms with Crippen molar-refractivity contribution in [1.29, 1.82) is 0 Å². The number of nitrogens with two attached hydrogens (primary N) is 1. The first-order valence-electron chi connectivity index (χ1n) is 6.24. The van der Waals surface area contributed by atoms with Crippen molar-refractivity contribution in [3.05, 3.63) is 64.2 Å². The van der Waals surface area contributed by atoms with Gasteiger partial charge in [0.05, 0.1) is 0 Å². The molecule has 3 N–H and O–H groups in total. The minimum atomic E-state index is -0.714. The standard InChI is InChI=1S/C15H13ClF2N2S/c16-11-3-1-9(2-4-11)5-6-20-14-12(17)7-10(15(19)21)8-13(14)18/h1-4,7-8,20H,5-6H2,(H2,19,21). The van der Waals surface area contributed by atoms with Crippen molar-refractivity contribution >= 4 is 34.5 Å². The fourth-order valence-corrected chi connectivity index (χ4v) is 2.11. The van der Waals surface area contributed by atoms with Crippen LogP contribution in [0.3, 0.4) is 0 Å². The summed E-state index contributed by atoms with van der Waals surface area (Å²) in [6.45, 7) is 0.391. The second kappa shape index (κ2) is 6.83. The first kappa shape index (κ1) is 15.7. The average molecular weight is 327 g/mol. The predicted octanol–water partition coefficient (Wildman–Crippen LogP) is 3.91. The summed E-state index contributed by atoms with van der Waals surface area (Å²) in [5.41, 5.74) is 6.37. The fraction of sp³-hybridized carbons (Fsp3) is 0.133. The zero-order valence-corrected chi connectivity index (χ0v) is 12.6. The van der Waals surface area contributed by atoms with Crippen LogP contribution in [0.4, 0.5) is 14.5 Å². The van der Waals surface area contributed by atoms with Crippen LogP contribution in [0, 0.1) is 11.6 Å². The van der Waals surface area contributed by atoms with E-state index in [1.807, 2.05) is 12.1 Å². The molecule has 0 saturated heterocycles. The van der Waals surface area contributed by atoms with E-state index >= 15 is 0 Å². The topological polar surface area (TPSA) is 38.0 Å². The molecule has 0 saturated carbocycles. The van der Waals surface area contributed by atoms with Crippen LogP contribution in [0.1, 0.15) is 11.1 Å². The number of hydrogen-bond acceptors (Lipinski definition) is 2. The maximum atomic E-state index is 13.8. The highest BCUT2D eigenvalue weighted by Gasteiger charge is 2.11. The van der Waals surface area contributed by atoms with Crippen LogP contribution in [-0.4, -0.2) is 11.5 Å². The largest absolute Gasteiger partial charge is 0.389 e. The van der Waals surface area contributed by atoms with Gasteiger partial charge in [0.15, 0.2) is 0 Å². The third kappa shape index (κ3) is 4.12. The third-order valence-corrected chi connectivity index (χ3v) is 3.44. The number of benzene rings is 2. The highest BCUT2D eigenvalue weighted by Crippen LogP contribution is 2.21. The number of rotatable bonds is 5. The quantitative estimate of drug-likeness (QED) is 0.818. The molecular weight excluding hydrogens is 314 g/mol. The molecule has 2 aromatic carbocycles. The molecule has 0 unspecified atom stereocenters. The van der Waals surface area contributed by atoms with Crippen LogP contribution in [0.5, 0.6) is 0 Å². The maximum Gasteiger partial charge on any atom is 0.150 e. The molecule has 2 rings (SSSR count). The molecule has 0 aromatic heterocycles. The van der Waals surface area contributed by atoms with Crippen molar-refractivity contribution in [1.82, 2.24) is 0 Å². The summed E-state index contributed by atoms with van der Waals surface area (Å²) in [5.74, 6) is -1.43. The Hall–Kier alpha value is -1.72. The lowest BCUT2D eigenvalue weighted by molar-refractivity contribution is 0.587. The van der Waals surface area contributed by atoms with Gasteiger partial charge in [-0.25, -0.2) is 8.78 Å². The molecule has 0 bridgehead atoms. The zero-order chi connectivity index (χ0) is 15.4. The van der Waals surface area contributed by atoms with Gasteiger partial charge >= 0.3 is 0 Å². The summed E-state index contributed by atoms with van der Waals surface area (Å²) >= 11 is 10.5. The molecule has 0 spiro atoms. The lowest BCUT2D eigenvalue weighted by atomic mass is 10.1. The number of hydrogen-bond donors (Lipinski definition) is 2. The van der Waals surface area contributed by atoms with Gasteiger partial charge in [-0.05, 0) is 36.2 Å². The molecular formula is C15H13ClF2N2S. The number of anilines is 1. The van der Waals surface area contributed by atoms with Crippen LogP contribution in [0.2, 0.25) is 5.02 Å². The minimum absolute atomic E-state index is 0.0412. The van der Waals surface area contributed by atoms with E-state index in [4.69, 9.17) is 29.6 Å². The van der Waals surface area contributed by atoms with Crippen LogP contribution < -0.4 is 11.1 Å². The molecule has 0 aliphatic carbocycles. The van der Waals surface area contributed by atoms with Crippen molar-refractivity contribution < 1.29 is 8.78 Å². The molecule has 0 aliphatic rings. The highest BCUT2D eigenvalue weighted by atomic mass is 35.5. The first-order valence-corrected chi connectivity index (χ1v) is 7.03. The van der Waals surface area contributed by atoms with E-state index in [0.29, 0.717) is 18.0 Å². The van der Waals surface area contributed by atoms with Gasteiger partial charge in [0, 0.05) is 17.1 Å². The molecule has 21 heavy (non-hydrogen) atoms. The molecule has 0 fully saturated rings. The molecule has 2 nitrogen and oxygen atoms in total. The molecule has 2 aromatic rings. The van der Waals surface area contributed by atoms with E-state index < -0.39 is 11.6 Å². The fourth-order valence-electron chi connectivity index (χ4n) is 1.87. The summed E-state index contributed by atoms with van der Waals surface area (Å²) in [4.78, 5) is -0.0412. The van der Waals surface area contributed by atoms with E-state index in [2.05, 4.69) is 5.32 Å². The first-order chi connectivity index (χ1) is 9.97. The molecule has 110 valence electrons. The summed E-state index contributed by atoms with van der Waals surface area (Å²) < 4.78 is 27.6. The van der Waals surface area contributed by atoms with Crippen molar-refractivity contribution in [3.63, 3.8) is 0 Å². The molecule has 0 aliphatic heterocycles. The van der Waals surface area contributed by atoms with Gasteiger partial charge in [-0.3, -0.25) is 0 Å². The van der Waals surface area contributed by atoms with Crippen molar-refractivity contribution in [2.45, 2.75) is 6.42 Å². The summed E-state index contributed by atoms with van der Waals surface area (Å²) in [7, 11) is 0. The second-order valence-electron chi connectivity index (χ2n) is 4.48.